The van der Waals surface area contributed by atoms with Gasteiger partial charge in [0.05, 0.1) is 0 Å². The summed E-state index contributed by atoms with van der Waals surface area (Å²) in [5, 5.41) is 3.58. The van der Waals surface area contributed by atoms with Gasteiger partial charge < -0.3 is 5.32 Å². The number of unbranched alkanes of at least 4 members (excludes halogenated alkanes) is 1. The van der Waals surface area contributed by atoms with Gasteiger partial charge in [-0.15, -0.1) is 0 Å². The van der Waals surface area contributed by atoms with Crippen molar-refractivity contribution in [1.29, 1.82) is 0 Å². The summed E-state index contributed by atoms with van der Waals surface area (Å²) in [5.41, 5.74) is 1.61. The molecule has 1 aromatic rings. The average Bonchev–Trinajstić information content (AvgIpc) is 2.48. The minimum atomic E-state index is 0.176. The minimum Gasteiger partial charge on any atom is -0.316 e. The molecule has 2 unspecified atom stereocenters. The second-order valence-electron chi connectivity index (χ2n) is 6.58. The maximum atomic E-state index is 3.58. The molecule has 0 bridgehead atoms. The molecule has 0 fully saturated rings. The highest BCUT2D eigenvalue weighted by molar-refractivity contribution is 5.25. The predicted octanol–water partition coefficient (Wildman–Crippen LogP) is 5.16. The summed E-state index contributed by atoms with van der Waals surface area (Å²) in [5.74, 6) is 0.843. The molecule has 0 saturated carbocycles. The zero-order valence-electron chi connectivity index (χ0n) is 14.1. The third kappa shape index (κ3) is 4.63. The standard InChI is InChI=1S/C19H33N/c1-6-8-12-16(7-2)15-18(20-5)19(3,4)17-13-10-9-11-14-17/h9-11,13-14,16,18,20H,6-8,12,15H2,1-5H3. The molecule has 1 N–H and O–H groups in total. The lowest BCUT2D eigenvalue weighted by Gasteiger charge is -2.37. The molecule has 20 heavy (non-hydrogen) atoms. The molecule has 0 radical (unpaired) electrons. The van der Waals surface area contributed by atoms with Crippen molar-refractivity contribution in [2.75, 3.05) is 7.05 Å². The largest absolute Gasteiger partial charge is 0.316 e. The highest BCUT2D eigenvalue weighted by Crippen LogP contribution is 2.32. The van der Waals surface area contributed by atoms with E-state index in [0.717, 1.165) is 5.92 Å². The Balaban J connectivity index is 2.78. The number of nitrogens with one attached hydrogen (secondary N) is 1. The molecular formula is C19H33N. The smallest absolute Gasteiger partial charge is 0.0158 e. The lowest BCUT2D eigenvalue weighted by Crippen LogP contribution is -2.44. The van der Waals surface area contributed by atoms with Crippen LogP contribution in [0.1, 0.15) is 65.4 Å². The van der Waals surface area contributed by atoms with E-state index in [0.29, 0.717) is 6.04 Å². The van der Waals surface area contributed by atoms with Crippen LogP contribution in [0.2, 0.25) is 0 Å². The zero-order valence-corrected chi connectivity index (χ0v) is 14.1. The first kappa shape index (κ1) is 17.2. The number of likely N-dealkylation sites (N-methyl/N-ethyl adjacent to an activating group) is 1. The van der Waals surface area contributed by atoms with Crippen molar-refractivity contribution in [2.45, 2.75) is 71.3 Å². The normalized spacial score (nSPS) is 15.1. The molecule has 2 atom stereocenters. The lowest BCUT2D eigenvalue weighted by molar-refractivity contribution is 0.276. The third-order valence-corrected chi connectivity index (χ3v) is 4.85. The summed E-state index contributed by atoms with van der Waals surface area (Å²) in [4.78, 5) is 0. The Hall–Kier alpha value is -0.820. The van der Waals surface area contributed by atoms with E-state index in [1.54, 1.807) is 0 Å². The molecule has 0 spiro atoms. The monoisotopic (exact) mass is 275 g/mol. The Bertz CT molecular complexity index is 355. The molecule has 1 nitrogen and oxygen atoms in total. The zero-order chi connectivity index (χ0) is 15.0. The number of hydrogen-bond acceptors (Lipinski definition) is 1. The van der Waals surface area contributed by atoms with Crippen LogP contribution in [0.4, 0.5) is 0 Å². The van der Waals surface area contributed by atoms with Gasteiger partial charge in [-0.3, -0.25) is 0 Å². The van der Waals surface area contributed by atoms with Crippen molar-refractivity contribution >= 4 is 0 Å². The van der Waals surface area contributed by atoms with E-state index in [1.807, 2.05) is 0 Å². The van der Waals surface area contributed by atoms with Gasteiger partial charge in [-0.25, -0.2) is 0 Å². The van der Waals surface area contributed by atoms with E-state index >= 15 is 0 Å². The molecule has 0 aliphatic carbocycles. The Morgan fingerprint density at radius 2 is 1.75 bits per heavy atom. The van der Waals surface area contributed by atoms with Gasteiger partial charge in [0.1, 0.15) is 0 Å². The fourth-order valence-electron chi connectivity index (χ4n) is 3.16. The van der Waals surface area contributed by atoms with Gasteiger partial charge in [-0.1, -0.05) is 83.7 Å². The summed E-state index contributed by atoms with van der Waals surface area (Å²) in [6.07, 6.45) is 6.61. The van der Waals surface area contributed by atoms with Crippen molar-refractivity contribution in [3.8, 4) is 0 Å². The van der Waals surface area contributed by atoms with Crippen LogP contribution in [0.25, 0.3) is 0 Å². The Labute approximate surface area is 126 Å². The second-order valence-corrected chi connectivity index (χ2v) is 6.58. The second kappa shape index (κ2) is 8.46. The van der Waals surface area contributed by atoms with Crippen LogP contribution < -0.4 is 5.32 Å². The number of hydrogen-bond donors (Lipinski definition) is 1. The van der Waals surface area contributed by atoms with Gasteiger partial charge in [-0.2, -0.15) is 0 Å². The molecule has 0 saturated heterocycles. The van der Waals surface area contributed by atoms with Crippen molar-refractivity contribution in [2.24, 2.45) is 5.92 Å². The molecule has 114 valence electrons. The van der Waals surface area contributed by atoms with E-state index in [2.05, 4.69) is 70.4 Å². The highest BCUT2D eigenvalue weighted by Gasteiger charge is 2.31. The van der Waals surface area contributed by atoms with Gasteiger partial charge in [0.2, 0.25) is 0 Å². The maximum Gasteiger partial charge on any atom is 0.0158 e. The SMILES string of the molecule is CCCCC(CC)CC(NC)C(C)(C)c1ccccc1. The highest BCUT2D eigenvalue weighted by atomic mass is 14.9. The van der Waals surface area contributed by atoms with Crippen LogP contribution in [0.15, 0.2) is 30.3 Å². The molecule has 1 aromatic carbocycles. The molecule has 0 aliphatic rings. The Morgan fingerprint density at radius 3 is 2.25 bits per heavy atom. The van der Waals surface area contributed by atoms with Crippen molar-refractivity contribution in [3.63, 3.8) is 0 Å². The lowest BCUT2D eigenvalue weighted by atomic mass is 9.73. The summed E-state index contributed by atoms with van der Waals surface area (Å²) in [6, 6.07) is 11.5. The van der Waals surface area contributed by atoms with Gasteiger partial charge >= 0.3 is 0 Å². The first-order valence-corrected chi connectivity index (χ1v) is 8.29. The molecule has 0 aliphatic heterocycles. The van der Waals surface area contributed by atoms with Gasteiger partial charge in [-0.05, 0) is 24.9 Å². The topological polar surface area (TPSA) is 12.0 Å². The molecule has 0 heterocycles. The Morgan fingerprint density at radius 1 is 1.10 bits per heavy atom. The molecule has 0 aromatic heterocycles. The summed E-state index contributed by atoms with van der Waals surface area (Å²) >= 11 is 0. The van der Waals surface area contributed by atoms with Crippen LogP contribution in [-0.2, 0) is 5.41 Å². The van der Waals surface area contributed by atoms with Gasteiger partial charge in [0.15, 0.2) is 0 Å². The molecule has 1 rings (SSSR count). The van der Waals surface area contributed by atoms with Crippen molar-refractivity contribution in [1.82, 2.24) is 5.32 Å². The number of benzene rings is 1. The van der Waals surface area contributed by atoms with E-state index in [1.165, 1.54) is 37.7 Å². The van der Waals surface area contributed by atoms with Crippen LogP contribution in [-0.4, -0.2) is 13.1 Å². The summed E-state index contributed by atoms with van der Waals surface area (Å²) < 4.78 is 0. The van der Waals surface area contributed by atoms with E-state index < -0.39 is 0 Å². The van der Waals surface area contributed by atoms with Crippen LogP contribution in [0.3, 0.4) is 0 Å². The van der Waals surface area contributed by atoms with E-state index in [-0.39, 0.29) is 5.41 Å². The summed E-state index contributed by atoms with van der Waals surface area (Å²) in [6.45, 7) is 9.37. The Kier molecular flexibility index (Phi) is 7.29. The van der Waals surface area contributed by atoms with E-state index in [4.69, 9.17) is 0 Å². The third-order valence-electron chi connectivity index (χ3n) is 4.85. The van der Waals surface area contributed by atoms with Crippen LogP contribution >= 0.6 is 0 Å². The molecule has 1 heteroatoms. The van der Waals surface area contributed by atoms with Crippen LogP contribution in [0.5, 0.6) is 0 Å². The quantitative estimate of drug-likeness (QED) is 0.656. The summed E-state index contributed by atoms with van der Waals surface area (Å²) in [7, 11) is 2.11. The number of rotatable bonds is 9. The first-order chi connectivity index (χ1) is 9.56. The van der Waals surface area contributed by atoms with Gasteiger partial charge in [0, 0.05) is 11.5 Å². The maximum absolute atomic E-state index is 3.58. The first-order valence-electron chi connectivity index (χ1n) is 8.29. The molecular weight excluding hydrogens is 242 g/mol. The average molecular weight is 275 g/mol. The van der Waals surface area contributed by atoms with Crippen molar-refractivity contribution in [3.05, 3.63) is 35.9 Å². The van der Waals surface area contributed by atoms with Crippen molar-refractivity contribution < 1.29 is 0 Å². The predicted molar refractivity (Wildman–Crippen MR) is 90.2 cm³/mol. The van der Waals surface area contributed by atoms with Crippen LogP contribution in [0, 0.1) is 5.92 Å². The van der Waals surface area contributed by atoms with Gasteiger partial charge in [0.25, 0.3) is 0 Å². The van der Waals surface area contributed by atoms with E-state index in [9.17, 15) is 0 Å². The molecule has 0 amide bonds. The minimum absolute atomic E-state index is 0.176. The fourth-order valence-corrected chi connectivity index (χ4v) is 3.16. The fraction of sp³-hybridized carbons (Fsp3) is 0.684.